The summed E-state index contributed by atoms with van der Waals surface area (Å²) in [6, 6.07) is 3.52. The summed E-state index contributed by atoms with van der Waals surface area (Å²) in [6.45, 7) is 3.02. The number of ether oxygens (including phenoxy) is 2. The van der Waals surface area contributed by atoms with E-state index in [-0.39, 0.29) is 41.9 Å². The van der Waals surface area contributed by atoms with Crippen molar-refractivity contribution in [2.45, 2.75) is 24.8 Å². The summed E-state index contributed by atoms with van der Waals surface area (Å²) in [5.41, 5.74) is 3.28. The molecule has 3 aromatic heterocycles. The molecule has 0 fully saturated rings. The van der Waals surface area contributed by atoms with Gasteiger partial charge in [0.25, 0.3) is 0 Å². The van der Waals surface area contributed by atoms with Gasteiger partial charge in [0.05, 0.1) is 12.8 Å². The van der Waals surface area contributed by atoms with E-state index < -0.39 is 17.9 Å². The van der Waals surface area contributed by atoms with Crippen LogP contribution < -0.4 is 9.47 Å². The molecule has 27 heavy (non-hydrogen) atoms. The van der Waals surface area contributed by atoms with Crippen LogP contribution in [0.5, 0.6) is 11.6 Å². The minimum atomic E-state index is -1.43. The number of alkyl halides is 1. The first-order valence-electron chi connectivity index (χ1n) is 7.96. The van der Waals surface area contributed by atoms with E-state index in [9.17, 15) is 8.94 Å². The molecule has 0 saturated heterocycles. The molecule has 1 N–H and O–H groups in total. The number of rotatable bonds is 7. The number of aromatic nitrogens is 4. The second-order valence-corrected chi connectivity index (χ2v) is 7.00. The quantitative estimate of drug-likeness (QED) is 0.480. The van der Waals surface area contributed by atoms with Gasteiger partial charge >= 0.3 is 34.7 Å². The van der Waals surface area contributed by atoms with Gasteiger partial charge in [-0.25, -0.2) is 4.39 Å². The predicted molar refractivity (Wildman–Crippen MR) is 103 cm³/mol. The van der Waals surface area contributed by atoms with Crippen LogP contribution in [0, 0.1) is 13.8 Å². The van der Waals surface area contributed by atoms with Crippen LogP contribution in [0.1, 0.15) is 16.8 Å². The molecule has 3 rings (SSSR count). The number of aromatic amines is 1. The summed E-state index contributed by atoms with van der Waals surface area (Å²) in [5, 5.41) is 0.304. The molecule has 7 nitrogen and oxygen atoms in total. The third-order valence-electron chi connectivity index (χ3n) is 3.87. The van der Waals surface area contributed by atoms with Crippen LogP contribution >= 0.6 is 0 Å². The number of halogens is 1. The van der Waals surface area contributed by atoms with Gasteiger partial charge in [0.2, 0.25) is 5.88 Å². The summed E-state index contributed by atoms with van der Waals surface area (Å²) >= 11 is -1.43. The van der Waals surface area contributed by atoms with Gasteiger partial charge in [-0.05, 0) is 26.0 Å². The Balaban J connectivity index is 0.00000261. The number of fused-ring (bicyclic) bond motifs is 1. The van der Waals surface area contributed by atoms with Gasteiger partial charge in [-0.2, -0.15) is 9.97 Å². The molecule has 0 saturated carbocycles. The number of imidazole rings is 1. The fraction of sp³-hybridized carbons (Fsp3) is 0.353. The molecule has 1 unspecified atom stereocenters. The van der Waals surface area contributed by atoms with E-state index in [1.165, 1.54) is 0 Å². The Morgan fingerprint density at radius 2 is 2.07 bits per heavy atom. The molecular weight excluding hydrogens is 382 g/mol. The van der Waals surface area contributed by atoms with Crippen molar-refractivity contribution in [2.75, 3.05) is 20.4 Å². The minimum absolute atomic E-state index is 0. The fourth-order valence-electron chi connectivity index (χ4n) is 2.51. The van der Waals surface area contributed by atoms with Gasteiger partial charge in [-0.15, -0.1) is 0 Å². The third kappa shape index (κ3) is 4.91. The number of methoxy groups -OCH3 is 1. The molecule has 0 amide bonds. The number of nitrogens with one attached hydrogen (secondary N) is 1. The van der Waals surface area contributed by atoms with E-state index in [4.69, 9.17) is 9.47 Å². The van der Waals surface area contributed by atoms with Crippen LogP contribution in [0.2, 0.25) is 0 Å². The molecule has 0 aliphatic carbocycles. The average molecular weight is 402 g/mol. The van der Waals surface area contributed by atoms with Crippen LogP contribution in [-0.2, 0) is 16.9 Å². The zero-order chi connectivity index (χ0) is 18.7. The standard InChI is InChI=1S/C17H19FN4O3S.Na.H/c1-10-8-12-15(21-16(10)25-7-5-18)22-17(20-12)26(23)9-13-11(2)14(24-3)4-6-19-13;;/h4,6,8H,5,7,9H2,1-3H3,(H,20,21,22);;. The summed E-state index contributed by atoms with van der Waals surface area (Å²) in [6.07, 6.45) is 1.62. The van der Waals surface area contributed by atoms with Gasteiger partial charge in [0.15, 0.2) is 11.4 Å². The molecule has 0 spiro atoms. The number of hydrogen-bond acceptors (Lipinski definition) is 6. The summed E-state index contributed by atoms with van der Waals surface area (Å²) < 4.78 is 35.5. The Morgan fingerprint density at radius 1 is 1.30 bits per heavy atom. The second kappa shape index (κ2) is 9.70. The fourth-order valence-corrected chi connectivity index (χ4v) is 3.59. The maximum absolute atomic E-state index is 12.7. The number of nitrogens with zero attached hydrogens (tertiary/aromatic N) is 3. The Bertz CT molecular complexity index is 925. The number of hydrogen-bond donors (Lipinski definition) is 1. The monoisotopic (exact) mass is 402 g/mol. The molecule has 140 valence electrons. The average Bonchev–Trinajstić information content (AvgIpc) is 3.04. The van der Waals surface area contributed by atoms with Crippen molar-refractivity contribution in [2.24, 2.45) is 0 Å². The molecule has 10 heteroatoms. The molecule has 0 aliphatic heterocycles. The Hall–Kier alpha value is -1.39. The van der Waals surface area contributed by atoms with Crippen LogP contribution in [0.25, 0.3) is 11.2 Å². The number of aryl methyl sites for hydroxylation is 1. The van der Waals surface area contributed by atoms with E-state index in [0.29, 0.717) is 33.6 Å². The van der Waals surface area contributed by atoms with E-state index in [1.807, 2.05) is 6.92 Å². The van der Waals surface area contributed by atoms with Crippen molar-refractivity contribution in [1.29, 1.82) is 0 Å². The zero-order valence-corrected chi connectivity index (χ0v) is 15.5. The first kappa shape index (κ1) is 21.9. The van der Waals surface area contributed by atoms with Gasteiger partial charge in [0, 0.05) is 28.5 Å². The molecule has 3 aromatic rings. The Labute approximate surface area is 181 Å². The van der Waals surface area contributed by atoms with Crippen LogP contribution in [0.15, 0.2) is 23.5 Å². The van der Waals surface area contributed by atoms with E-state index in [1.54, 1.807) is 32.4 Å². The van der Waals surface area contributed by atoms with Crippen molar-refractivity contribution in [3.63, 3.8) is 0 Å². The van der Waals surface area contributed by atoms with E-state index in [0.717, 1.165) is 11.1 Å². The van der Waals surface area contributed by atoms with E-state index >= 15 is 0 Å². The number of H-pyrrole nitrogens is 1. The Morgan fingerprint density at radius 3 is 2.78 bits per heavy atom. The van der Waals surface area contributed by atoms with Crippen molar-refractivity contribution in [3.05, 3.63) is 35.2 Å². The predicted octanol–water partition coefficient (Wildman–Crippen LogP) is 1.99. The molecule has 0 aromatic carbocycles. The van der Waals surface area contributed by atoms with Crippen LogP contribution in [0.4, 0.5) is 4.39 Å². The normalized spacial score (nSPS) is 11.9. The molecule has 0 radical (unpaired) electrons. The summed E-state index contributed by atoms with van der Waals surface area (Å²) in [5.74, 6) is 1.23. The topological polar surface area (TPSA) is 96.0 Å². The van der Waals surface area contributed by atoms with Crippen LogP contribution in [-0.4, -0.2) is 74.4 Å². The van der Waals surface area contributed by atoms with Crippen molar-refractivity contribution in [3.8, 4) is 11.6 Å². The third-order valence-corrected chi connectivity index (χ3v) is 5.03. The van der Waals surface area contributed by atoms with Gasteiger partial charge in [0.1, 0.15) is 24.5 Å². The molecule has 0 aliphatic rings. The first-order chi connectivity index (χ1) is 12.5. The SMILES string of the molecule is COc1ccnc(C[S+]([O-])c2nc3cc(C)c(OCCF)nc3[nH]2)c1C.[NaH]. The van der Waals surface area contributed by atoms with E-state index in [2.05, 4.69) is 19.9 Å². The second-order valence-electron chi connectivity index (χ2n) is 5.63. The van der Waals surface area contributed by atoms with Gasteiger partial charge in [-0.1, -0.05) is 0 Å². The van der Waals surface area contributed by atoms with Crippen LogP contribution in [0.3, 0.4) is 0 Å². The van der Waals surface area contributed by atoms with Gasteiger partial charge < -0.3 is 14.0 Å². The van der Waals surface area contributed by atoms with Crippen molar-refractivity contribution in [1.82, 2.24) is 19.9 Å². The number of pyridine rings is 2. The van der Waals surface area contributed by atoms with Gasteiger partial charge in [-0.3, -0.25) is 9.97 Å². The van der Waals surface area contributed by atoms with Crippen molar-refractivity contribution >= 4 is 51.9 Å². The zero-order valence-electron chi connectivity index (χ0n) is 14.7. The van der Waals surface area contributed by atoms with Crippen molar-refractivity contribution < 1.29 is 18.4 Å². The molecule has 0 bridgehead atoms. The summed E-state index contributed by atoms with van der Waals surface area (Å²) in [7, 11) is 1.58. The molecule has 1 atom stereocenters. The summed E-state index contributed by atoms with van der Waals surface area (Å²) in [4.78, 5) is 15.9. The molecular formula is C17H20FN4NaO3S. The first-order valence-corrected chi connectivity index (χ1v) is 9.28. The maximum atomic E-state index is 12.7. The molecule has 3 heterocycles. The Kier molecular flexibility index (Phi) is 7.87.